The third-order valence-corrected chi connectivity index (χ3v) is 6.09. The van der Waals surface area contributed by atoms with Crippen LogP contribution in [0.5, 0.6) is 0 Å². The van der Waals surface area contributed by atoms with Crippen molar-refractivity contribution in [3.8, 4) is 0 Å². The summed E-state index contributed by atoms with van der Waals surface area (Å²) in [7, 11) is 3.84. The Labute approximate surface area is 177 Å². The minimum atomic E-state index is -0.869. The maximum Gasteiger partial charge on any atom is 0.294 e. The number of rotatable bonds is 5. The number of carbonyl (C=O) groups excluding carboxylic acids is 2. The first-order valence-electron chi connectivity index (χ1n) is 9.35. The van der Waals surface area contributed by atoms with Crippen LogP contribution in [0.25, 0.3) is 0 Å². The molecule has 0 aliphatic carbocycles. The fourth-order valence-corrected chi connectivity index (χ4v) is 4.47. The van der Waals surface area contributed by atoms with Crippen molar-refractivity contribution in [3.63, 3.8) is 0 Å². The number of aliphatic hydroxyl groups is 1. The molecule has 0 saturated heterocycles. The molecule has 7 nitrogen and oxygen atoms in total. The number of aryl methyl sites for hydroxylation is 2. The van der Waals surface area contributed by atoms with Crippen LogP contribution < -0.4 is 9.80 Å². The number of hydrogen-bond acceptors (Lipinski definition) is 7. The van der Waals surface area contributed by atoms with Gasteiger partial charge >= 0.3 is 0 Å². The Hall–Kier alpha value is -3.39. The smallest absolute Gasteiger partial charge is 0.294 e. The maximum absolute atomic E-state index is 13.4. The monoisotopic (exact) mass is 423 g/mol. The zero-order valence-corrected chi connectivity index (χ0v) is 17.9. The minimum absolute atomic E-state index is 0.00149. The lowest BCUT2D eigenvalue weighted by Crippen LogP contribution is -2.30. The Balaban J connectivity index is 1.83. The fourth-order valence-electron chi connectivity index (χ4n) is 3.60. The molecule has 154 valence electrons. The number of aromatic nitrogens is 1. The molecular formula is C22H21N3O4S. The third kappa shape index (κ3) is 3.19. The van der Waals surface area contributed by atoms with Crippen LogP contribution in [0.1, 0.15) is 32.2 Å². The molecule has 2 aromatic heterocycles. The second kappa shape index (κ2) is 7.46. The van der Waals surface area contributed by atoms with Crippen LogP contribution in [0.15, 0.2) is 58.4 Å². The van der Waals surface area contributed by atoms with Gasteiger partial charge < -0.3 is 14.4 Å². The molecule has 1 unspecified atom stereocenters. The zero-order valence-electron chi connectivity index (χ0n) is 17.0. The summed E-state index contributed by atoms with van der Waals surface area (Å²) in [5, 5.41) is 11.5. The second-order valence-corrected chi connectivity index (χ2v) is 8.45. The molecule has 1 atom stereocenters. The number of hydrogen-bond donors (Lipinski definition) is 1. The van der Waals surface area contributed by atoms with Crippen LogP contribution in [0.3, 0.4) is 0 Å². The number of aliphatic hydroxyl groups excluding tert-OH is 1. The number of anilines is 2. The van der Waals surface area contributed by atoms with Crippen LogP contribution >= 0.6 is 11.3 Å². The number of amides is 1. The van der Waals surface area contributed by atoms with Crippen molar-refractivity contribution in [3.05, 3.63) is 75.3 Å². The molecule has 3 heterocycles. The molecule has 0 saturated carbocycles. The van der Waals surface area contributed by atoms with Crippen molar-refractivity contribution in [2.24, 2.45) is 0 Å². The molecule has 0 spiro atoms. The maximum atomic E-state index is 13.4. The summed E-state index contributed by atoms with van der Waals surface area (Å²) >= 11 is 1.24. The summed E-state index contributed by atoms with van der Waals surface area (Å²) < 4.78 is 5.57. The number of thiazole rings is 1. The van der Waals surface area contributed by atoms with E-state index in [1.165, 1.54) is 22.5 Å². The summed E-state index contributed by atoms with van der Waals surface area (Å²) in [4.78, 5) is 34.5. The highest BCUT2D eigenvalue weighted by molar-refractivity contribution is 7.14. The van der Waals surface area contributed by atoms with Gasteiger partial charge in [0.15, 0.2) is 5.76 Å². The molecule has 1 aliphatic heterocycles. The highest BCUT2D eigenvalue weighted by Crippen LogP contribution is 2.43. The molecule has 1 N–H and O–H groups in total. The lowest BCUT2D eigenvalue weighted by Gasteiger charge is -2.25. The predicted molar refractivity (Wildman–Crippen MR) is 115 cm³/mol. The summed E-state index contributed by atoms with van der Waals surface area (Å²) in [5.74, 6) is -1.23. The average molecular weight is 423 g/mol. The topological polar surface area (TPSA) is 86.9 Å². The molecule has 4 rings (SSSR count). The van der Waals surface area contributed by atoms with Crippen LogP contribution in [-0.4, -0.2) is 35.9 Å². The predicted octanol–water partition coefficient (Wildman–Crippen LogP) is 4.20. The fraction of sp³-hybridized carbons (Fsp3) is 0.227. The Bertz CT molecular complexity index is 1140. The highest BCUT2D eigenvalue weighted by Gasteiger charge is 2.46. The van der Waals surface area contributed by atoms with Gasteiger partial charge in [-0.3, -0.25) is 14.5 Å². The SMILES string of the molecule is Cc1nc(C)c(C(=O)C2=C(O)C(=O)N(c3ccc(N(C)C)cc3)C2c2ccco2)s1. The summed E-state index contributed by atoms with van der Waals surface area (Å²) in [6.07, 6.45) is 1.48. The van der Waals surface area contributed by atoms with Gasteiger partial charge in [0.2, 0.25) is 5.78 Å². The molecular weight excluding hydrogens is 402 g/mol. The highest BCUT2D eigenvalue weighted by atomic mass is 32.1. The number of carbonyl (C=O) groups is 2. The van der Waals surface area contributed by atoms with E-state index in [9.17, 15) is 14.7 Å². The zero-order chi connectivity index (χ0) is 21.6. The van der Waals surface area contributed by atoms with Gasteiger partial charge in [0.25, 0.3) is 5.91 Å². The Morgan fingerprint density at radius 1 is 1.20 bits per heavy atom. The van der Waals surface area contributed by atoms with E-state index in [1.807, 2.05) is 38.1 Å². The molecule has 1 amide bonds. The van der Waals surface area contributed by atoms with Crippen molar-refractivity contribution in [1.29, 1.82) is 0 Å². The van der Waals surface area contributed by atoms with Crippen molar-refractivity contribution >= 4 is 34.4 Å². The van der Waals surface area contributed by atoms with Crippen LogP contribution in [-0.2, 0) is 4.79 Å². The van der Waals surface area contributed by atoms with Gasteiger partial charge in [-0.2, -0.15) is 0 Å². The quantitative estimate of drug-likeness (QED) is 0.619. The Morgan fingerprint density at radius 2 is 1.90 bits per heavy atom. The molecule has 0 radical (unpaired) electrons. The van der Waals surface area contributed by atoms with E-state index >= 15 is 0 Å². The van der Waals surface area contributed by atoms with E-state index in [1.54, 1.807) is 31.2 Å². The average Bonchev–Trinajstić information content (AvgIpc) is 3.41. The van der Waals surface area contributed by atoms with Crippen LogP contribution in [0.4, 0.5) is 11.4 Å². The van der Waals surface area contributed by atoms with E-state index in [-0.39, 0.29) is 5.57 Å². The second-order valence-electron chi connectivity index (χ2n) is 7.24. The number of nitrogens with zero attached hydrogens (tertiary/aromatic N) is 3. The van der Waals surface area contributed by atoms with Crippen molar-refractivity contribution in [1.82, 2.24) is 4.98 Å². The number of furan rings is 1. The minimum Gasteiger partial charge on any atom is -0.503 e. The van der Waals surface area contributed by atoms with Crippen molar-refractivity contribution < 1.29 is 19.1 Å². The molecule has 1 aromatic carbocycles. The molecule has 30 heavy (non-hydrogen) atoms. The van der Waals surface area contributed by atoms with Gasteiger partial charge in [0, 0.05) is 25.5 Å². The lowest BCUT2D eigenvalue weighted by molar-refractivity contribution is -0.117. The summed E-state index contributed by atoms with van der Waals surface area (Å²) in [6, 6.07) is 9.82. The van der Waals surface area contributed by atoms with E-state index in [4.69, 9.17) is 4.42 Å². The van der Waals surface area contributed by atoms with Crippen LogP contribution in [0, 0.1) is 13.8 Å². The number of benzene rings is 1. The largest absolute Gasteiger partial charge is 0.503 e. The van der Waals surface area contributed by atoms with E-state index in [2.05, 4.69) is 4.98 Å². The first-order valence-corrected chi connectivity index (χ1v) is 10.2. The Morgan fingerprint density at radius 3 is 2.43 bits per heavy atom. The van der Waals surface area contributed by atoms with Gasteiger partial charge in [0.05, 0.1) is 27.4 Å². The molecule has 0 bridgehead atoms. The molecule has 0 fully saturated rings. The van der Waals surface area contributed by atoms with Gasteiger partial charge in [-0.1, -0.05) is 0 Å². The van der Waals surface area contributed by atoms with Crippen LogP contribution in [0.2, 0.25) is 0 Å². The summed E-state index contributed by atoms with van der Waals surface area (Å²) in [5.41, 5.74) is 2.09. The van der Waals surface area contributed by atoms with Gasteiger partial charge in [-0.25, -0.2) is 4.98 Å². The van der Waals surface area contributed by atoms with Gasteiger partial charge in [-0.05, 0) is 50.2 Å². The van der Waals surface area contributed by atoms with E-state index in [0.717, 1.165) is 10.7 Å². The van der Waals surface area contributed by atoms with E-state index < -0.39 is 23.5 Å². The van der Waals surface area contributed by atoms with E-state index in [0.29, 0.717) is 22.0 Å². The normalized spacial score (nSPS) is 16.5. The van der Waals surface area contributed by atoms with Crippen molar-refractivity contribution in [2.75, 3.05) is 23.9 Å². The molecule has 3 aromatic rings. The lowest BCUT2D eigenvalue weighted by atomic mass is 9.99. The molecule has 1 aliphatic rings. The number of ketones is 1. The third-order valence-electron chi connectivity index (χ3n) is 5.02. The van der Waals surface area contributed by atoms with Crippen molar-refractivity contribution in [2.45, 2.75) is 19.9 Å². The van der Waals surface area contributed by atoms with Gasteiger partial charge in [0.1, 0.15) is 11.8 Å². The summed E-state index contributed by atoms with van der Waals surface area (Å²) in [6.45, 7) is 3.55. The Kier molecular flexibility index (Phi) is 4.95. The first-order chi connectivity index (χ1) is 14.3. The van der Waals surface area contributed by atoms with Gasteiger partial charge in [-0.15, -0.1) is 11.3 Å². The number of Topliss-reactive ketones (excluding diaryl/α,β-unsaturated/α-hetero) is 1. The first kappa shape index (κ1) is 19.9. The molecule has 8 heteroatoms. The standard InChI is InChI=1S/C22H21N3O4S/c1-12-21(30-13(2)23-12)19(26)17-18(16-6-5-11-29-16)25(22(28)20(17)27)15-9-7-14(8-10-15)24(3)4/h5-11,18,27H,1-4H3.